The second-order valence-corrected chi connectivity index (χ2v) is 5.51. The van der Waals surface area contributed by atoms with Crippen LogP contribution in [0.5, 0.6) is 0 Å². The molecule has 0 aliphatic carbocycles. The Labute approximate surface area is 113 Å². The second kappa shape index (κ2) is 6.01. The van der Waals surface area contributed by atoms with E-state index in [0.717, 1.165) is 5.56 Å². The van der Waals surface area contributed by atoms with E-state index in [1.54, 1.807) is 12.1 Å². The van der Waals surface area contributed by atoms with Gasteiger partial charge in [0.05, 0.1) is 11.5 Å². The predicted octanol–water partition coefficient (Wildman–Crippen LogP) is 0.890. The molecule has 2 radical (unpaired) electrons. The first kappa shape index (κ1) is 13.8. The average Bonchev–Trinajstić information content (AvgIpc) is 2.40. The van der Waals surface area contributed by atoms with Gasteiger partial charge < -0.3 is 0 Å². The molecule has 0 saturated carbocycles. The van der Waals surface area contributed by atoms with Crippen LogP contribution in [0.15, 0.2) is 59.5 Å². The van der Waals surface area contributed by atoms with Crippen molar-refractivity contribution in [3.8, 4) is 0 Å². The first-order valence-corrected chi connectivity index (χ1v) is 7.10. The smallest absolute Gasteiger partial charge is 0.261 e. The summed E-state index contributed by atoms with van der Waals surface area (Å²) in [6.45, 7) is 0.146. The molecule has 0 unspecified atom stereocenters. The fraction of sp³-hybridized carbons (Fsp3) is 0.0769. The fourth-order valence-corrected chi connectivity index (χ4v) is 2.47. The van der Waals surface area contributed by atoms with Gasteiger partial charge in [0.25, 0.3) is 10.0 Å². The topological polar surface area (TPSA) is 55.4 Å². The summed E-state index contributed by atoms with van der Waals surface area (Å²) >= 11 is 0. The zero-order valence-electron chi connectivity index (χ0n) is 10.1. The second-order valence-electron chi connectivity index (χ2n) is 3.90. The first-order valence-electron chi connectivity index (χ1n) is 5.61. The van der Waals surface area contributed by atoms with Gasteiger partial charge in [0.15, 0.2) is 0 Å². The molecule has 1 N–H and O–H groups in total. The van der Waals surface area contributed by atoms with Crippen molar-refractivity contribution in [2.45, 2.75) is 11.5 Å². The van der Waals surface area contributed by atoms with Crippen LogP contribution in [0.1, 0.15) is 5.56 Å². The summed E-state index contributed by atoms with van der Waals surface area (Å²) < 4.78 is 23.9. The Balaban J connectivity index is 2.01. The molecular weight excluding hydrogens is 261 g/mol. The maximum absolute atomic E-state index is 11.9. The molecule has 0 heterocycles. The molecule has 2 aromatic rings. The molecule has 2 rings (SSSR count). The molecule has 0 amide bonds. The predicted molar refractivity (Wildman–Crippen MR) is 73.4 cm³/mol. The zero-order valence-corrected chi connectivity index (χ0v) is 10.9. The van der Waals surface area contributed by atoms with Gasteiger partial charge >= 0.3 is 0 Å². The molecule has 0 aliphatic rings. The summed E-state index contributed by atoms with van der Waals surface area (Å²) in [5.41, 5.74) is 1.05. The van der Waals surface area contributed by atoms with Crippen LogP contribution in [0.25, 0.3) is 0 Å². The minimum absolute atomic E-state index is 0.00283. The Bertz CT molecular complexity index is 644. The highest BCUT2D eigenvalue weighted by atomic mass is 32.2. The lowest BCUT2D eigenvalue weighted by atomic mass is 9.97. The van der Waals surface area contributed by atoms with E-state index in [-0.39, 0.29) is 17.0 Å². The first-order chi connectivity index (χ1) is 9.09. The summed E-state index contributed by atoms with van der Waals surface area (Å²) in [4.78, 5) is 7.06. The van der Waals surface area contributed by atoms with E-state index >= 15 is 0 Å². The van der Waals surface area contributed by atoms with Crippen LogP contribution in [0.2, 0.25) is 0 Å². The van der Waals surface area contributed by atoms with Gasteiger partial charge in [-0.25, -0.2) is 8.42 Å². The quantitative estimate of drug-likeness (QED) is 0.650. The normalized spacial score (nSPS) is 11.4. The minimum atomic E-state index is -3.76. The van der Waals surface area contributed by atoms with Crippen molar-refractivity contribution in [1.29, 1.82) is 0 Å². The van der Waals surface area contributed by atoms with Gasteiger partial charge in [-0.1, -0.05) is 58.9 Å². The summed E-state index contributed by atoms with van der Waals surface area (Å²) in [5.74, 6) is 0. The highest BCUT2D eigenvalue weighted by Crippen LogP contribution is 2.05. The molecule has 0 aliphatic heterocycles. The lowest BCUT2D eigenvalue weighted by molar-refractivity contribution is 0.0796. The number of benzene rings is 2. The van der Waals surface area contributed by atoms with E-state index in [2.05, 4.69) is 4.89 Å². The van der Waals surface area contributed by atoms with Gasteiger partial charge in [0, 0.05) is 0 Å². The summed E-state index contributed by atoms with van der Waals surface area (Å²) in [6.07, 6.45) is 0. The van der Waals surface area contributed by atoms with Crippen LogP contribution in [0.3, 0.4) is 0 Å². The molecule has 19 heavy (non-hydrogen) atoms. The van der Waals surface area contributed by atoms with Gasteiger partial charge in [-0.2, -0.15) is 0 Å². The lowest BCUT2D eigenvalue weighted by Crippen LogP contribution is -2.28. The number of sulfonamides is 1. The van der Waals surface area contributed by atoms with Gasteiger partial charge in [-0.3, -0.25) is 4.84 Å². The molecule has 96 valence electrons. The Morgan fingerprint density at radius 3 is 2.32 bits per heavy atom. The van der Waals surface area contributed by atoms with Crippen molar-refractivity contribution < 1.29 is 13.3 Å². The fourth-order valence-electron chi connectivity index (χ4n) is 1.53. The summed E-state index contributed by atoms with van der Waals surface area (Å²) in [7, 11) is 1.86. The molecule has 0 atom stereocenters. The van der Waals surface area contributed by atoms with Crippen molar-refractivity contribution >= 4 is 23.3 Å². The summed E-state index contributed by atoms with van der Waals surface area (Å²) in [5, 5.41) is 0. The molecule has 4 nitrogen and oxygen atoms in total. The van der Waals surface area contributed by atoms with Crippen molar-refractivity contribution in [2.24, 2.45) is 0 Å². The number of hydrogen-bond acceptors (Lipinski definition) is 3. The number of rotatable bonds is 5. The van der Waals surface area contributed by atoms with Crippen LogP contribution in [-0.2, 0) is 21.5 Å². The van der Waals surface area contributed by atoms with Crippen molar-refractivity contribution in [3.63, 3.8) is 0 Å². The molecule has 0 spiro atoms. The Morgan fingerprint density at radius 1 is 1.00 bits per heavy atom. The van der Waals surface area contributed by atoms with Crippen LogP contribution in [-0.4, -0.2) is 16.3 Å². The number of nitrogens with one attached hydrogen (secondary N) is 1. The van der Waals surface area contributed by atoms with E-state index in [4.69, 9.17) is 12.7 Å². The van der Waals surface area contributed by atoms with E-state index < -0.39 is 10.0 Å². The van der Waals surface area contributed by atoms with Crippen LogP contribution in [0, 0.1) is 0 Å². The third-order valence-electron chi connectivity index (χ3n) is 2.46. The van der Waals surface area contributed by atoms with Crippen molar-refractivity contribution in [2.75, 3.05) is 0 Å². The highest BCUT2D eigenvalue weighted by molar-refractivity contribution is 7.89. The third-order valence-corrected chi connectivity index (χ3v) is 3.75. The zero-order chi connectivity index (χ0) is 13.7. The Hall–Kier alpha value is -1.63. The average molecular weight is 273 g/mol. The van der Waals surface area contributed by atoms with E-state index in [1.165, 1.54) is 12.1 Å². The molecule has 2 aromatic carbocycles. The SMILES string of the molecule is [B]c1ccccc1S(=O)(=O)NOCc1ccccc1. The van der Waals surface area contributed by atoms with E-state index in [1.807, 2.05) is 30.3 Å². The van der Waals surface area contributed by atoms with Gasteiger partial charge in [0.2, 0.25) is 0 Å². The molecule has 0 fully saturated rings. The Kier molecular flexibility index (Phi) is 4.37. The van der Waals surface area contributed by atoms with Gasteiger partial charge in [-0.05, 0) is 11.6 Å². The largest absolute Gasteiger partial charge is 0.282 e. The van der Waals surface area contributed by atoms with Crippen LogP contribution < -0.4 is 10.3 Å². The molecule has 6 heteroatoms. The van der Waals surface area contributed by atoms with Crippen LogP contribution in [0.4, 0.5) is 0 Å². The van der Waals surface area contributed by atoms with Crippen LogP contribution >= 0.6 is 0 Å². The minimum Gasteiger partial charge on any atom is -0.282 e. The standard InChI is InChI=1S/C13H12BNO3S/c14-12-8-4-5-9-13(12)19(16,17)15-18-10-11-6-2-1-3-7-11/h1-9,15H,10H2. The molecule has 0 aromatic heterocycles. The third kappa shape index (κ3) is 3.67. The molecular formula is C13H12BNO3S. The monoisotopic (exact) mass is 273 g/mol. The maximum Gasteiger partial charge on any atom is 0.261 e. The van der Waals surface area contributed by atoms with Crippen molar-refractivity contribution in [3.05, 3.63) is 60.2 Å². The van der Waals surface area contributed by atoms with Crippen molar-refractivity contribution in [1.82, 2.24) is 4.89 Å². The number of hydrogen-bond donors (Lipinski definition) is 1. The molecule has 0 saturated heterocycles. The highest BCUT2D eigenvalue weighted by Gasteiger charge is 2.15. The Morgan fingerprint density at radius 2 is 1.63 bits per heavy atom. The van der Waals surface area contributed by atoms with E-state index in [0.29, 0.717) is 0 Å². The van der Waals surface area contributed by atoms with E-state index in [9.17, 15) is 8.42 Å². The van der Waals surface area contributed by atoms with Gasteiger partial charge in [-0.15, -0.1) is 0 Å². The lowest BCUT2D eigenvalue weighted by Gasteiger charge is -2.09. The maximum atomic E-state index is 11.9. The molecule has 0 bridgehead atoms. The van der Waals surface area contributed by atoms with Gasteiger partial charge in [0.1, 0.15) is 7.85 Å². The summed E-state index contributed by atoms with van der Waals surface area (Å²) in [6, 6.07) is 15.5.